The number of hydrogen-bond acceptors (Lipinski definition) is 4. The van der Waals surface area contributed by atoms with Crippen LogP contribution in [-0.4, -0.2) is 47.0 Å². The van der Waals surface area contributed by atoms with Gasteiger partial charge in [-0.2, -0.15) is 0 Å². The van der Waals surface area contributed by atoms with Crippen molar-refractivity contribution in [3.8, 4) is 11.5 Å². The Bertz CT molecular complexity index is 685. The number of hydrogen-bond donors (Lipinski definition) is 2. The molecule has 5 rings (SSSR count). The summed E-state index contributed by atoms with van der Waals surface area (Å²) in [5, 5.41) is 20.8. The number of aliphatic hydroxyl groups is 1. The molecule has 0 aromatic heterocycles. The molecule has 0 radical (unpaired) electrons. The molecule has 2 aliphatic carbocycles. The Balaban J connectivity index is 1.84. The lowest BCUT2D eigenvalue weighted by atomic mass is 9.55. The number of benzene rings is 1. The third-order valence-electron chi connectivity index (χ3n) is 6.37. The largest absolute Gasteiger partial charge is 0.504 e. The molecule has 4 heteroatoms. The summed E-state index contributed by atoms with van der Waals surface area (Å²) < 4.78 is 6.14. The summed E-state index contributed by atoms with van der Waals surface area (Å²) in [6.45, 7) is 1.08. The Morgan fingerprint density at radius 3 is 3.05 bits per heavy atom. The van der Waals surface area contributed by atoms with Crippen molar-refractivity contribution in [1.82, 2.24) is 4.90 Å². The van der Waals surface area contributed by atoms with Gasteiger partial charge in [-0.3, -0.25) is 0 Å². The minimum atomic E-state index is -0.599. The van der Waals surface area contributed by atoms with Gasteiger partial charge in [0.05, 0.1) is 0 Å². The molecule has 116 valence electrons. The SMILES string of the molecule is CN1CCC[C@]23c4c5ccc(O)c4O[C@H]2[C@@H](O)C=C[C@H]3[C@H]1C5. The fraction of sp³-hybridized carbons (Fsp3) is 0.556. The summed E-state index contributed by atoms with van der Waals surface area (Å²) in [5.74, 6) is 1.19. The highest BCUT2D eigenvalue weighted by atomic mass is 16.5. The van der Waals surface area contributed by atoms with E-state index in [1.165, 1.54) is 11.1 Å². The number of aromatic hydroxyl groups is 1. The van der Waals surface area contributed by atoms with E-state index in [-0.39, 0.29) is 17.3 Å². The highest BCUT2D eigenvalue weighted by Gasteiger charge is 2.63. The molecule has 1 aromatic carbocycles. The smallest absolute Gasteiger partial charge is 0.165 e. The van der Waals surface area contributed by atoms with Crippen LogP contribution in [0.15, 0.2) is 24.3 Å². The van der Waals surface area contributed by atoms with Gasteiger partial charge in [-0.1, -0.05) is 18.2 Å². The van der Waals surface area contributed by atoms with Gasteiger partial charge >= 0.3 is 0 Å². The minimum Gasteiger partial charge on any atom is -0.504 e. The van der Waals surface area contributed by atoms with Crippen LogP contribution in [-0.2, 0) is 11.8 Å². The molecule has 2 heterocycles. The molecule has 2 N–H and O–H groups in total. The molecule has 0 saturated carbocycles. The zero-order valence-corrected chi connectivity index (χ0v) is 12.7. The van der Waals surface area contributed by atoms with Gasteiger partial charge in [0.2, 0.25) is 0 Å². The predicted molar refractivity (Wildman–Crippen MR) is 82.2 cm³/mol. The number of nitrogens with zero attached hydrogens (tertiary/aromatic N) is 1. The average molecular weight is 299 g/mol. The van der Waals surface area contributed by atoms with Crippen LogP contribution in [0.5, 0.6) is 11.5 Å². The molecule has 1 saturated heterocycles. The van der Waals surface area contributed by atoms with Crippen LogP contribution in [0.1, 0.15) is 24.0 Å². The van der Waals surface area contributed by atoms with Crippen LogP contribution >= 0.6 is 0 Å². The van der Waals surface area contributed by atoms with Gasteiger partial charge in [-0.05, 0) is 44.5 Å². The normalized spacial score (nSPS) is 41.7. The number of ether oxygens (including phenoxy) is 1. The standard InChI is InChI=1S/C18H21NO3/c1-19-8-2-7-18-11-4-6-14(21)17(18)22-16-13(20)5-3-10(15(16)18)9-12(11)19/h3-6,11-12,14,17,20-21H,2,7-9H2,1H3/t11-,12+,14-,17-,18-/m0/s1. The molecular weight excluding hydrogens is 278 g/mol. The first-order valence-corrected chi connectivity index (χ1v) is 8.21. The summed E-state index contributed by atoms with van der Waals surface area (Å²) in [6.07, 6.45) is 6.33. The second kappa shape index (κ2) is 4.06. The van der Waals surface area contributed by atoms with Crippen LogP contribution in [0.4, 0.5) is 0 Å². The number of rotatable bonds is 0. The van der Waals surface area contributed by atoms with Crippen LogP contribution in [0.2, 0.25) is 0 Å². The van der Waals surface area contributed by atoms with Crippen LogP contribution < -0.4 is 4.74 Å². The first kappa shape index (κ1) is 13.0. The molecule has 1 aromatic rings. The van der Waals surface area contributed by atoms with Crippen molar-refractivity contribution < 1.29 is 14.9 Å². The van der Waals surface area contributed by atoms with E-state index in [1.807, 2.05) is 6.08 Å². The number of likely N-dealkylation sites (tertiary alicyclic amines) is 1. The quantitative estimate of drug-likeness (QED) is 0.714. The first-order valence-electron chi connectivity index (χ1n) is 8.21. The molecule has 1 fully saturated rings. The van der Waals surface area contributed by atoms with Crippen molar-refractivity contribution in [2.24, 2.45) is 5.92 Å². The van der Waals surface area contributed by atoms with Gasteiger partial charge in [0.1, 0.15) is 12.2 Å². The Morgan fingerprint density at radius 1 is 1.32 bits per heavy atom. The predicted octanol–water partition coefficient (Wildman–Crippen LogP) is 1.59. The molecule has 0 unspecified atom stereocenters. The molecule has 22 heavy (non-hydrogen) atoms. The number of aliphatic hydroxyl groups excluding tert-OH is 1. The topological polar surface area (TPSA) is 52.9 Å². The monoisotopic (exact) mass is 299 g/mol. The van der Waals surface area contributed by atoms with E-state index in [1.54, 1.807) is 6.07 Å². The van der Waals surface area contributed by atoms with E-state index < -0.39 is 6.10 Å². The maximum Gasteiger partial charge on any atom is 0.165 e. The Morgan fingerprint density at radius 2 is 2.18 bits per heavy atom. The van der Waals surface area contributed by atoms with Crippen molar-refractivity contribution in [2.45, 2.75) is 42.9 Å². The number of phenols is 1. The average Bonchev–Trinajstić information content (AvgIpc) is 2.82. The summed E-state index contributed by atoms with van der Waals surface area (Å²) in [4.78, 5) is 2.46. The van der Waals surface area contributed by atoms with Gasteiger partial charge in [-0.15, -0.1) is 0 Å². The lowest BCUT2D eigenvalue weighted by molar-refractivity contribution is -0.00910. The Labute approximate surface area is 130 Å². The fourth-order valence-corrected chi connectivity index (χ4v) is 5.50. The lowest BCUT2D eigenvalue weighted by Crippen LogP contribution is -2.58. The summed E-state index contributed by atoms with van der Waals surface area (Å²) in [6, 6.07) is 4.24. The van der Waals surface area contributed by atoms with Crippen molar-refractivity contribution in [3.05, 3.63) is 35.4 Å². The van der Waals surface area contributed by atoms with Gasteiger partial charge in [0, 0.05) is 22.9 Å². The fourth-order valence-electron chi connectivity index (χ4n) is 5.50. The Kier molecular flexibility index (Phi) is 2.39. The molecule has 4 nitrogen and oxygen atoms in total. The second-order valence-corrected chi connectivity index (χ2v) is 7.28. The van der Waals surface area contributed by atoms with Crippen LogP contribution in [0, 0.1) is 5.92 Å². The van der Waals surface area contributed by atoms with Gasteiger partial charge in [0.25, 0.3) is 0 Å². The summed E-state index contributed by atoms with van der Waals surface area (Å²) in [7, 11) is 2.21. The third kappa shape index (κ3) is 1.32. The van der Waals surface area contributed by atoms with E-state index in [4.69, 9.17) is 4.74 Å². The highest BCUT2D eigenvalue weighted by molar-refractivity contribution is 5.61. The summed E-state index contributed by atoms with van der Waals surface area (Å²) in [5.41, 5.74) is 2.29. The van der Waals surface area contributed by atoms with Crippen molar-refractivity contribution in [2.75, 3.05) is 13.6 Å². The van der Waals surface area contributed by atoms with Crippen molar-refractivity contribution in [1.29, 1.82) is 0 Å². The molecule has 2 bridgehead atoms. The van der Waals surface area contributed by atoms with Crippen LogP contribution in [0.25, 0.3) is 0 Å². The third-order valence-corrected chi connectivity index (χ3v) is 6.37. The highest BCUT2D eigenvalue weighted by Crippen LogP contribution is 2.61. The maximum absolute atomic E-state index is 10.5. The molecule has 4 aliphatic rings. The van der Waals surface area contributed by atoms with E-state index >= 15 is 0 Å². The van der Waals surface area contributed by atoms with Crippen molar-refractivity contribution in [3.63, 3.8) is 0 Å². The first-order chi connectivity index (χ1) is 10.6. The molecular formula is C18H21NO3. The molecule has 1 spiro atoms. The number of likely N-dealkylation sites (N-methyl/N-ethyl adjacent to an activating group) is 1. The van der Waals surface area contributed by atoms with E-state index in [9.17, 15) is 10.2 Å². The second-order valence-electron chi connectivity index (χ2n) is 7.28. The van der Waals surface area contributed by atoms with Crippen molar-refractivity contribution >= 4 is 0 Å². The van der Waals surface area contributed by atoms with Gasteiger partial charge in [0.15, 0.2) is 11.5 Å². The molecule has 0 amide bonds. The van der Waals surface area contributed by atoms with E-state index in [0.717, 1.165) is 25.8 Å². The maximum atomic E-state index is 10.5. The van der Waals surface area contributed by atoms with E-state index in [2.05, 4.69) is 24.1 Å². The lowest BCUT2D eigenvalue weighted by Gasteiger charge is -2.50. The van der Waals surface area contributed by atoms with Gasteiger partial charge in [-0.25, -0.2) is 0 Å². The minimum absolute atomic E-state index is 0.175. The Hall–Kier alpha value is -1.52. The molecule has 2 aliphatic heterocycles. The van der Waals surface area contributed by atoms with E-state index in [0.29, 0.717) is 17.7 Å². The van der Waals surface area contributed by atoms with Gasteiger partial charge < -0.3 is 19.8 Å². The zero-order valence-electron chi connectivity index (χ0n) is 12.7. The molecule has 5 atom stereocenters. The summed E-state index contributed by atoms with van der Waals surface area (Å²) >= 11 is 0. The number of phenolic OH excluding ortho intramolecular Hbond substituents is 1. The van der Waals surface area contributed by atoms with Crippen LogP contribution in [0.3, 0.4) is 0 Å². The zero-order chi connectivity index (χ0) is 15.1.